The highest BCUT2D eigenvalue weighted by Crippen LogP contribution is 2.65. The predicted octanol–water partition coefficient (Wildman–Crippen LogP) is 5.43. The molecule has 9 atom stereocenters. The van der Waals surface area contributed by atoms with Gasteiger partial charge in [-0.3, -0.25) is 4.68 Å². The molecule has 0 unspecified atom stereocenters. The van der Waals surface area contributed by atoms with Gasteiger partial charge in [0.25, 0.3) is 0 Å². The van der Waals surface area contributed by atoms with Gasteiger partial charge in [0.15, 0.2) is 5.69 Å². The third-order valence-electron chi connectivity index (χ3n) is 10.9. The van der Waals surface area contributed by atoms with Crippen LogP contribution in [0.1, 0.15) is 83.7 Å². The third kappa shape index (κ3) is 4.16. The molecule has 0 aliphatic heterocycles. The first-order valence-corrected chi connectivity index (χ1v) is 13.5. The Morgan fingerprint density at radius 1 is 1.18 bits per heavy atom. The summed E-state index contributed by atoms with van der Waals surface area (Å²) in [5.74, 6) is 5.53. The standard InChI is InChI=1S/C28H43N3O2/c1-19(18-31-14-10-21(17-29)30-31)25-6-7-26-24-5-4-20-16-28(32,13-15-33-3)12-9-22(20)23(24)8-11-27(25,26)2/h10,14,19-20,22-26,32H,4-9,11-13,15-16,18H2,1-3H3/t19-,20-,22+,23-,24-,25-,26+,27-,28+/m1/s1. The van der Waals surface area contributed by atoms with Gasteiger partial charge in [-0.2, -0.15) is 10.4 Å². The van der Waals surface area contributed by atoms with Crippen LogP contribution in [0.25, 0.3) is 0 Å². The molecule has 5 rings (SSSR count). The zero-order valence-corrected chi connectivity index (χ0v) is 20.9. The summed E-state index contributed by atoms with van der Waals surface area (Å²) < 4.78 is 7.27. The summed E-state index contributed by atoms with van der Waals surface area (Å²) in [6.07, 6.45) is 14.1. The number of hydrogen-bond donors (Lipinski definition) is 1. The van der Waals surface area contributed by atoms with Crippen LogP contribution in [0, 0.1) is 58.2 Å². The van der Waals surface area contributed by atoms with Crippen molar-refractivity contribution in [2.75, 3.05) is 13.7 Å². The molecule has 1 aromatic rings. The van der Waals surface area contributed by atoms with Crippen LogP contribution in [0.3, 0.4) is 0 Å². The lowest BCUT2D eigenvalue weighted by Crippen LogP contribution is -2.51. The molecule has 0 aromatic carbocycles. The number of aliphatic hydroxyl groups is 1. The van der Waals surface area contributed by atoms with E-state index in [0.29, 0.717) is 23.6 Å². The number of rotatable bonds is 6. The zero-order chi connectivity index (χ0) is 23.2. The molecule has 33 heavy (non-hydrogen) atoms. The smallest absolute Gasteiger partial charge is 0.162 e. The average molecular weight is 454 g/mol. The molecular weight excluding hydrogens is 410 g/mol. The van der Waals surface area contributed by atoms with Gasteiger partial charge in [0.2, 0.25) is 0 Å². The molecule has 0 saturated heterocycles. The van der Waals surface area contributed by atoms with Crippen molar-refractivity contribution in [1.29, 1.82) is 5.26 Å². The van der Waals surface area contributed by atoms with E-state index in [1.807, 2.05) is 16.9 Å². The summed E-state index contributed by atoms with van der Waals surface area (Å²) in [6.45, 7) is 6.63. The molecule has 5 nitrogen and oxygen atoms in total. The van der Waals surface area contributed by atoms with Gasteiger partial charge in [0.1, 0.15) is 6.07 Å². The van der Waals surface area contributed by atoms with E-state index in [1.165, 1.54) is 44.9 Å². The topological polar surface area (TPSA) is 71.1 Å². The van der Waals surface area contributed by atoms with Gasteiger partial charge in [-0.15, -0.1) is 0 Å². The fourth-order valence-corrected chi connectivity index (χ4v) is 9.40. The SMILES string of the molecule is COCC[C@@]1(O)CC[C@H]2[C@H](CC[C@@H]3[C@@H]2CC[C@]2(C)[C@@H]([C@H](C)Cn4ccc(C#N)n4)CC[C@@H]32)C1. The maximum atomic E-state index is 11.2. The Morgan fingerprint density at radius 2 is 2.00 bits per heavy atom. The average Bonchev–Trinajstić information content (AvgIpc) is 3.40. The molecule has 1 heterocycles. The number of nitriles is 1. The largest absolute Gasteiger partial charge is 0.390 e. The van der Waals surface area contributed by atoms with Crippen LogP contribution in [-0.4, -0.2) is 34.2 Å². The van der Waals surface area contributed by atoms with Crippen LogP contribution in [-0.2, 0) is 11.3 Å². The van der Waals surface area contributed by atoms with Gasteiger partial charge in [-0.1, -0.05) is 13.8 Å². The van der Waals surface area contributed by atoms with Crippen molar-refractivity contribution in [2.24, 2.45) is 46.8 Å². The lowest BCUT2D eigenvalue weighted by atomic mass is 9.48. The van der Waals surface area contributed by atoms with Crippen LogP contribution in [0.2, 0.25) is 0 Å². The van der Waals surface area contributed by atoms with Gasteiger partial charge < -0.3 is 9.84 Å². The maximum Gasteiger partial charge on any atom is 0.162 e. The predicted molar refractivity (Wildman–Crippen MR) is 128 cm³/mol. The van der Waals surface area contributed by atoms with Crippen LogP contribution in [0.4, 0.5) is 0 Å². The fourth-order valence-electron chi connectivity index (χ4n) is 9.40. The molecule has 4 aliphatic rings. The first-order valence-electron chi connectivity index (χ1n) is 13.5. The maximum absolute atomic E-state index is 11.2. The molecule has 0 spiro atoms. The zero-order valence-electron chi connectivity index (χ0n) is 20.9. The molecular formula is C28H43N3O2. The highest BCUT2D eigenvalue weighted by atomic mass is 16.5. The molecule has 4 saturated carbocycles. The second kappa shape index (κ2) is 9.00. The minimum Gasteiger partial charge on any atom is -0.390 e. The molecule has 0 amide bonds. The van der Waals surface area contributed by atoms with E-state index in [4.69, 9.17) is 10.00 Å². The van der Waals surface area contributed by atoms with Crippen LogP contribution >= 0.6 is 0 Å². The molecule has 1 N–H and O–H groups in total. The van der Waals surface area contributed by atoms with Crippen LogP contribution in [0.15, 0.2) is 12.3 Å². The van der Waals surface area contributed by atoms with Gasteiger partial charge in [-0.25, -0.2) is 0 Å². The Labute approximate surface area is 199 Å². The second-order valence-corrected chi connectivity index (χ2v) is 12.4. The van der Waals surface area contributed by atoms with E-state index < -0.39 is 5.60 Å². The fraction of sp³-hybridized carbons (Fsp3) is 0.857. The Morgan fingerprint density at radius 3 is 2.76 bits per heavy atom. The van der Waals surface area contributed by atoms with Crippen molar-refractivity contribution in [3.63, 3.8) is 0 Å². The van der Waals surface area contributed by atoms with Crippen molar-refractivity contribution < 1.29 is 9.84 Å². The van der Waals surface area contributed by atoms with Crippen molar-refractivity contribution in [3.05, 3.63) is 18.0 Å². The summed E-state index contributed by atoms with van der Waals surface area (Å²) in [5.41, 5.74) is 0.488. The van der Waals surface area contributed by atoms with E-state index >= 15 is 0 Å². The van der Waals surface area contributed by atoms with Crippen LogP contribution < -0.4 is 0 Å². The molecule has 4 aliphatic carbocycles. The Balaban J connectivity index is 1.26. The molecule has 4 fully saturated rings. The van der Waals surface area contributed by atoms with Crippen LogP contribution in [0.5, 0.6) is 0 Å². The Kier molecular flexibility index (Phi) is 6.38. The third-order valence-corrected chi connectivity index (χ3v) is 10.9. The number of ether oxygens (including phenoxy) is 1. The van der Waals surface area contributed by atoms with Crippen molar-refractivity contribution >= 4 is 0 Å². The van der Waals surface area contributed by atoms with E-state index in [-0.39, 0.29) is 0 Å². The van der Waals surface area contributed by atoms with Crippen molar-refractivity contribution in [3.8, 4) is 6.07 Å². The Hall–Kier alpha value is -1.38. The summed E-state index contributed by atoms with van der Waals surface area (Å²) in [6, 6.07) is 3.99. The molecule has 1 aromatic heterocycles. The first kappa shape index (κ1) is 23.4. The van der Waals surface area contributed by atoms with Crippen molar-refractivity contribution in [1.82, 2.24) is 9.78 Å². The molecule has 182 valence electrons. The Bertz CT molecular complexity index is 877. The quantitative estimate of drug-likeness (QED) is 0.624. The lowest BCUT2D eigenvalue weighted by molar-refractivity contribution is -0.114. The summed E-state index contributed by atoms with van der Waals surface area (Å²) >= 11 is 0. The monoisotopic (exact) mass is 453 g/mol. The first-order chi connectivity index (χ1) is 15.9. The lowest BCUT2D eigenvalue weighted by Gasteiger charge is -2.57. The highest BCUT2D eigenvalue weighted by molar-refractivity contribution is 5.16. The summed E-state index contributed by atoms with van der Waals surface area (Å²) in [7, 11) is 1.74. The van der Waals surface area contributed by atoms with Gasteiger partial charge in [0.05, 0.1) is 5.60 Å². The highest BCUT2D eigenvalue weighted by Gasteiger charge is 2.58. The number of fused-ring (bicyclic) bond motifs is 5. The van der Waals surface area contributed by atoms with Gasteiger partial charge in [0, 0.05) is 26.5 Å². The number of aromatic nitrogens is 2. The van der Waals surface area contributed by atoms with E-state index in [9.17, 15) is 5.11 Å². The minimum atomic E-state index is -0.487. The normalized spacial score (nSPS) is 43.2. The van der Waals surface area contributed by atoms with Gasteiger partial charge >= 0.3 is 0 Å². The number of hydrogen-bond acceptors (Lipinski definition) is 4. The second-order valence-electron chi connectivity index (χ2n) is 12.4. The molecule has 5 heteroatoms. The van der Waals surface area contributed by atoms with E-state index in [0.717, 1.165) is 61.3 Å². The van der Waals surface area contributed by atoms with Gasteiger partial charge in [-0.05, 0) is 117 Å². The summed E-state index contributed by atoms with van der Waals surface area (Å²) in [5, 5.41) is 24.7. The van der Waals surface area contributed by atoms with E-state index in [2.05, 4.69) is 25.0 Å². The van der Waals surface area contributed by atoms with E-state index in [1.54, 1.807) is 7.11 Å². The minimum absolute atomic E-state index is 0.451. The number of methoxy groups -OCH3 is 1. The van der Waals surface area contributed by atoms with Crippen molar-refractivity contribution in [2.45, 2.75) is 90.2 Å². The summed E-state index contributed by atoms with van der Waals surface area (Å²) in [4.78, 5) is 0. The molecule has 0 bridgehead atoms. The number of nitrogens with zero attached hydrogens (tertiary/aromatic N) is 3. The molecule has 0 radical (unpaired) electrons.